The Hall–Kier alpha value is -3.15. The summed E-state index contributed by atoms with van der Waals surface area (Å²) in [5.41, 5.74) is 4.30. The van der Waals surface area contributed by atoms with Crippen LogP contribution in [0, 0.1) is 6.92 Å². The molecule has 4 aromatic rings. The largest absolute Gasteiger partial charge is 0.329 e. The number of nitrogens with zero attached hydrogens (tertiary/aromatic N) is 4. The van der Waals surface area contributed by atoms with Gasteiger partial charge in [-0.15, -0.1) is 0 Å². The fourth-order valence-electron chi connectivity index (χ4n) is 3.01. The number of nitrogens with one attached hydrogen (secondary N) is 1. The first-order valence-corrected chi connectivity index (χ1v) is 7.73. The molecule has 0 spiro atoms. The molecule has 0 aliphatic carbocycles. The number of pyridine rings is 1. The third-order valence-electron chi connectivity index (χ3n) is 4.28. The van der Waals surface area contributed by atoms with Crippen molar-refractivity contribution >= 4 is 10.9 Å². The van der Waals surface area contributed by atoms with Gasteiger partial charge in [-0.3, -0.25) is 9.48 Å². The zero-order valence-corrected chi connectivity index (χ0v) is 13.5. The third-order valence-corrected chi connectivity index (χ3v) is 4.28. The van der Waals surface area contributed by atoms with E-state index in [0.717, 1.165) is 27.9 Å². The van der Waals surface area contributed by atoms with Gasteiger partial charge in [0.2, 0.25) is 0 Å². The zero-order valence-electron chi connectivity index (χ0n) is 13.5. The lowest BCUT2D eigenvalue weighted by molar-refractivity contribution is 0.746. The van der Waals surface area contributed by atoms with Crippen LogP contribution in [-0.4, -0.2) is 24.3 Å². The molecular formula is C18H17N5O. The van der Waals surface area contributed by atoms with Crippen molar-refractivity contribution in [3.8, 4) is 11.1 Å². The fraction of sp³-hybridized carbons (Fsp3) is 0.167. The molecule has 1 aromatic carbocycles. The quantitative estimate of drug-likeness (QED) is 0.631. The highest BCUT2D eigenvalue weighted by Crippen LogP contribution is 2.25. The highest BCUT2D eigenvalue weighted by Gasteiger charge is 2.11. The van der Waals surface area contributed by atoms with Crippen molar-refractivity contribution in [3.63, 3.8) is 0 Å². The summed E-state index contributed by atoms with van der Waals surface area (Å²) in [6.07, 6.45) is 5.37. The lowest BCUT2D eigenvalue weighted by atomic mass is 10.0. The Morgan fingerprint density at radius 1 is 1.12 bits per heavy atom. The highest BCUT2D eigenvalue weighted by atomic mass is 16.1. The van der Waals surface area contributed by atoms with E-state index < -0.39 is 0 Å². The third kappa shape index (κ3) is 2.32. The Morgan fingerprint density at radius 2 is 2.00 bits per heavy atom. The molecule has 3 heterocycles. The highest BCUT2D eigenvalue weighted by molar-refractivity contribution is 5.93. The van der Waals surface area contributed by atoms with Gasteiger partial charge in [-0.25, -0.2) is 4.98 Å². The molecule has 24 heavy (non-hydrogen) atoms. The molecule has 0 saturated carbocycles. The number of aromatic nitrogens is 5. The number of hydrogen-bond donors (Lipinski definition) is 1. The molecule has 4 rings (SSSR count). The molecule has 3 aromatic heterocycles. The van der Waals surface area contributed by atoms with Crippen LogP contribution in [0.3, 0.4) is 0 Å². The summed E-state index contributed by atoms with van der Waals surface area (Å²) in [4.78, 5) is 19.7. The second kappa shape index (κ2) is 5.49. The summed E-state index contributed by atoms with van der Waals surface area (Å²) in [6.45, 7) is 2.58. The normalized spacial score (nSPS) is 11.2. The maximum absolute atomic E-state index is 12.6. The van der Waals surface area contributed by atoms with E-state index in [9.17, 15) is 4.79 Å². The molecule has 0 saturated heterocycles. The predicted molar refractivity (Wildman–Crippen MR) is 92.8 cm³/mol. The molecule has 6 nitrogen and oxygen atoms in total. The van der Waals surface area contributed by atoms with E-state index in [2.05, 4.69) is 15.1 Å². The number of benzene rings is 1. The molecule has 0 fully saturated rings. The van der Waals surface area contributed by atoms with Gasteiger partial charge < -0.3 is 9.55 Å². The fourth-order valence-corrected chi connectivity index (χ4v) is 3.01. The van der Waals surface area contributed by atoms with Crippen molar-refractivity contribution < 1.29 is 0 Å². The van der Waals surface area contributed by atoms with Crippen molar-refractivity contribution in [2.24, 2.45) is 7.05 Å². The average Bonchev–Trinajstić information content (AvgIpc) is 3.14. The van der Waals surface area contributed by atoms with Crippen LogP contribution in [0.1, 0.15) is 11.4 Å². The first-order valence-electron chi connectivity index (χ1n) is 7.73. The Morgan fingerprint density at radius 3 is 2.75 bits per heavy atom. The van der Waals surface area contributed by atoms with Crippen LogP contribution in [0.5, 0.6) is 0 Å². The van der Waals surface area contributed by atoms with Gasteiger partial charge in [-0.1, -0.05) is 18.2 Å². The van der Waals surface area contributed by atoms with Gasteiger partial charge in [-0.2, -0.15) is 5.10 Å². The van der Waals surface area contributed by atoms with E-state index in [4.69, 9.17) is 0 Å². The number of H-pyrrole nitrogens is 1. The zero-order chi connectivity index (χ0) is 16.7. The lowest BCUT2D eigenvalue weighted by Crippen LogP contribution is -2.14. The minimum atomic E-state index is -0.0982. The van der Waals surface area contributed by atoms with Gasteiger partial charge in [-0.05, 0) is 19.1 Å². The van der Waals surface area contributed by atoms with Crippen LogP contribution in [0.25, 0.3) is 22.0 Å². The standard InChI is InChI=1S/C18H17N5O/c1-12-8-19-11-23(12)10-14-6-7-16(18(24)21-14)15-5-3-4-13-9-20-22(2)17(13)15/h3-9,11H,10H2,1-2H3,(H,21,24). The van der Waals surface area contributed by atoms with Gasteiger partial charge >= 0.3 is 0 Å². The monoisotopic (exact) mass is 319 g/mol. The first kappa shape index (κ1) is 14.4. The minimum Gasteiger partial charge on any atom is -0.329 e. The van der Waals surface area contributed by atoms with Crippen LogP contribution in [0.4, 0.5) is 0 Å². The number of hydrogen-bond acceptors (Lipinski definition) is 3. The summed E-state index contributed by atoms with van der Waals surface area (Å²) >= 11 is 0. The number of rotatable bonds is 3. The molecule has 0 radical (unpaired) electrons. The van der Waals surface area contributed by atoms with Crippen molar-refractivity contribution in [1.29, 1.82) is 0 Å². The number of imidazole rings is 1. The van der Waals surface area contributed by atoms with Gasteiger partial charge in [0.1, 0.15) is 0 Å². The molecule has 0 amide bonds. The van der Waals surface area contributed by atoms with Crippen LogP contribution >= 0.6 is 0 Å². The van der Waals surface area contributed by atoms with Gasteiger partial charge in [0, 0.05) is 41.1 Å². The van der Waals surface area contributed by atoms with Crippen molar-refractivity contribution in [2.45, 2.75) is 13.5 Å². The molecular weight excluding hydrogens is 302 g/mol. The average molecular weight is 319 g/mol. The molecule has 0 unspecified atom stereocenters. The lowest BCUT2D eigenvalue weighted by Gasteiger charge is -2.08. The van der Waals surface area contributed by atoms with Gasteiger partial charge in [0.25, 0.3) is 5.56 Å². The van der Waals surface area contributed by atoms with Crippen LogP contribution in [0.2, 0.25) is 0 Å². The predicted octanol–water partition coefficient (Wildman–Crippen LogP) is 2.48. The van der Waals surface area contributed by atoms with Crippen molar-refractivity contribution in [1.82, 2.24) is 24.3 Å². The van der Waals surface area contributed by atoms with Crippen molar-refractivity contribution in [3.05, 3.63) is 70.8 Å². The Kier molecular flexibility index (Phi) is 3.30. The summed E-state index contributed by atoms with van der Waals surface area (Å²) in [5, 5.41) is 5.30. The summed E-state index contributed by atoms with van der Waals surface area (Å²) < 4.78 is 3.79. The molecule has 120 valence electrons. The topological polar surface area (TPSA) is 68.5 Å². The Bertz CT molecular complexity index is 1090. The first-order chi connectivity index (χ1) is 11.6. The summed E-state index contributed by atoms with van der Waals surface area (Å²) in [6, 6.07) is 9.72. The Balaban J connectivity index is 1.78. The molecule has 1 N–H and O–H groups in total. The van der Waals surface area contributed by atoms with Crippen LogP contribution in [0.15, 0.2) is 53.8 Å². The van der Waals surface area contributed by atoms with E-state index >= 15 is 0 Å². The number of para-hydroxylation sites is 1. The second-order valence-corrected chi connectivity index (χ2v) is 5.90. The molecule has 6 heteroatoms. The smallest absolute Gasteiger partial charge is 0.256 e. The van der Waals surface area contributed by atoms with Crippen molar-refractivity contribution in [2.75, 3.05) is 0 Å². The van der Waals surface area contributed by atoms with E-state index in [0.29, 0.717) is 12.1 Å². The van der Waals surface area contributed by atoms with Gasteiger partial charge in [0.05, 0.1) is 24.6 Å². The maximum atomic E-state index is 12.6. The number of aryl methyl sites for hydroxylation is 2. The number of fused-ring (bicyclic) bond motifs is 1. The van der Waals surface area contributed by atoms with Crippen LogP contribution in [-0.2, 0) is 13.6 Å². The van der Waals surface area contributed by atoms with Crippen LogP contribution < -0.4 is 5.56 Å². The van der Waals surface area contributed by atoms with Gasteiger partial charge in [0.15, 0.2) is 0 Å². The van der Waals surface area contributed by atoms with E-state index in [1.807, 2.05) is 55.1 Å². The summed E-state index contributed by atoms with van der Waals surface area (Å²) in [7, 11) is 1.89. The summed E-state index contributed by atoms with van der Waals surface area (Å²) in [5.74, 6) is 0. The second-order valence-electron chi connectivity index (χ2n) is 5.90. The molecule has 0 atom stereocenters. The Labute approximate surface area is 138 Å². The maximum Gasteiger partial charge on any atom is 0.256 e. The number of aromatic amines is 1. The molecule has 0 bridgehead atoms. The molecule has 0 aliphatic rings. The molecule has 0 aliphatic heterocycles. The van der Waals surface area contributed by atoms with E-state index in [-0.39, 0.29) is 5.56 Å². The van der Waals surface area contributed by atoms with E-state index in [1.54, 1.807) is 17.2 Å². The SMILES string of the molecule is Cc1cncn1Cc1ccc(-c2cccc3cnn(C)c23)c(=O)[nH]1. The minimum absolute atomic E-state index is 0.0982. The van der Waals surface area contributed by atoms with E-state index in [1.165, 1.54) is 0 Å².